The van der Waals surface area contributed by atoms with Crippen LogP contribution in [0.5, 0.6) is 0 Å². The minimum Gasteiger partial charge on any atom is -0.311 e. The van der Waals surface area contributed by atoms with Gasteiger partial charge in [0, 0.05) is 0 Å². The van der Waals surface area contributed by atoms with Crippen molar-refractivity contribution in [3.05, 3.63) is 44.6 Å². The normalized spacial score (nSPS) is 13.7. The van der Waals surface area contributed by atoms with Gasteiger partial charge in [-0.2, -0.15) is 13.2 Å². The lowest BCUT2D eigenvalue weighted by molar-refractivity contribution is -0.137. The molecular weight excluding hydrogens is 263 g/mol. The number of nitrogens with two attached hydrogens (primary N) is 1. The molecule has 1 unspecified atom stereocenters. The van der Waals surface area contributed by atoms with Crippen molar-refractivity contribution in [1.29, 1.82) is 0 Å². The third kappa shape index (κ3) is 2.26. The molecular formula is C11H10F3N3O2. The molecule has 1 aromatic carbocycles. The van der Waals surface area contributed by atoms with E-state index in [1.807, 2.05) is 0 Å². The molecule has 8 heteroatoms. The predicted molar refractivity (Wildman–Crippen MR) is 62.7 cm³/mol. The maximum atomic E-state index is 12.5. The molecule has 2 rings (SSSR count). The number of rotatable bonds is 1. The lowest BCUT2D eigenvalue weighted by Crippen LogP contribution is -2.40. The van der Waals surface area contributed by atoms with Crippen molar-refractivity contribution < 1.29 is 13.2 Å². The van der Waals surface area contributed by atoms with E-state index in [0.29, 0.717) is 0 Å². The smallest absolute Gasteiger partial charge is 0.311 e. The Morgan fingerprint density at radius 2 is 1.95 bits per heavy atom. The number of halogens is 3. The van der Waals surface area contributed by atoms with Crippen LogP contribution in [0.25, 0.3) is 10.9 Å². The summed E-state index contributed by atoms with van der Waals surface area (Å²) in [6, 6.07) is 2.53. The second kappa shape index (κ2) is 4.23. The van der Waals surface area contributed by atoms with E-state index in [0.717, 1.165) is 22.8 Å². The number of nitrogens with one attached hydrogen (secondary N) is 1. The van der Waals surface area contributed by atoms with Crippen LogP contribution in [0.3, 0.4) is 0 Å². The molecule has 0 saturated carbocycles. The molecule has 3 N–H and O–H groups in total. The highest BCUT2D eigenvalue weighted by molar-refractivity contribution is 5.78. The molecule has 1 heterocycles. The van der Waals surface area contributed by atoms with Gasteiger partial charge in [-0.05, 0) is 25.1 Å². The van der Waals surface area contributed by atoms with Crippen molar-refractivity contribution in [2.24, 2.45) is 5.73 Å². The molecule has 1 atom stereocenters. The quantitative estimate of drug-likeness (QED) is 0.818. The van der Waals surface area contributed by atoms with Crippen LogP contribution in [-0.2, 0) is 6.18 Å². The molecule has 1 aromatic heterocycles. The number of hydrogen-bond acceptors (Lipinski definition) is 3. The van der Waals surface area contributed by atoms with Crippen molar-refractivity contribution >= 4 is 10.9 Å². The second-order valence-corrected chi connectivity index (χ2v) is 4.10. The molecule has 0 radical (unpaired) electrons. The summed E-state index contributed by atoms with van der Waals surface area (Å²) in [5.74, 6) is 0. The molecule has 0 bridgehead atoms. The number of alkyl halides is 3. The number of H-pyrrole nitrogens is 1. The van der Waals surface area contributed by atoms with Crippen LogP contribution in [0.2, 0.25) is 0 Å². The van der Waals surface area contributed by atoms with Gasteiger partial charge in [0.15, 0.2) is 0 Å². The van der Waals surface area contributed by atoms with Gasteiger partial charge in [-0.25, -0.2) is 9.36 Å². The Balaban J connectivity index is 2.82. The number of benzene rings is 1. The third-order valence-electron chi connectivity index (χ3n) is 2.66. The Morgan fingerprint density at radius 1 is 1.32 bits per heavy atom. The van der Waals surface area contributed by atoms with Gasteiger partial charge in [-0.15, -0.1) is 0 Å². The van der Waals surface area contributed by atoms with Gasteiger partial charge in [-0.3, -0.25) is 4.79 Å². The number of fused-ring (bicyclic) bond motifs is 1. The zero-order chi connectivity index (χ0) is 14.4. The van der Waals surface area contributed by atoms with Gasteiger partial charge in [-0.1, -0.05) is 0 Å². The van der Waals surface area contributed by atoms with Gasteiger partial charge in [0.2, 0.25) is 0 Å². The largest absolute Gasteiger partial charge is 0.416 e. The summed E-state index contributed by atoms with van der Waals surface area (Å²) < 4.78 is 38.3. The molecule has 0 aliphatic carbocycles. The monoisotopic (exact) mass is 273 g/mol. The zero-order valence-corrected chi connectivity index (χ0v) is 9.78. The molecule has 0 amide bonds. The molecule has 5 nitrogen and oxygen atoms in total. The Hall–Kier alpha value is -2.09. The number of nitrogens with zero attached hydrogens (tertiary/aromatic N) is 1. The average Bonchev–Trinajstić information content (AvgIpc) is 2.26. The molecule has 0 aliphatic heterocycles. The number of aromatic nitrogens is 2. The molecule has 0 saturated heterocycles. The van der Waals surface area contributed by atoms with Crippen LogP contribution in [-0.4, -0.2) is 9.55 Å². The summed E-state index contributed by atoms with van der Waals surface area (Å²) in [6.07, 6.45) is -5.41. The number of aromatic amines is 1. The van der Waals surface area contributed by atoms with Crippen LogP contribution < -0.4 is 17.0 Å². The Morgan fingerprint density at radius 3 is 2.47 bits per heavy atom. The summed E-state index contributed by atoms with van der Waals surface area (Å²) >= 11 is 0. The van der Waals surface area contributed by atoms with E-state index in [9.17, 15) is 22.8 Å². The molecule has 19 heavy (non-hydrogen) atoms. The first-order valence-corrected chi connectivity index (χ1v) is 5.33. The minimum absolute atomic E-state index is 0.0232. The highest BCUT2D eigenvalue weighted by atomic mass is 19.4. The Labute approximate surface area is 104 Å². The molecule has 102 valence electrons. The first-order valence-electron chi connectivity index (χ1n) is 5.33. The van der Waals surface area contributed by atoms with Crippen LogP contribution >= 0.6 is 0 Å². The first-order chi connectivity index (χ1) is 8.71. The summed E-state index contributed by atoms with van der Waals surface area (Å²) in [4.78, 5) is 25.8. The highest BCUT2D eigenvalue weighted by Gasteiger charge is 2.30. The van der Waals surface area contributed by atoms with Gasteiger partial charge in [0.25, 0.3) is 5.56 Å². The number of hydrogen-bond donors (Lipinski definition) is 2. The van der Waals surface area contributed by atoms with Gasteiger partial charge in [0.1, 0.15) is 0 Å². The van der Waals surface area contributed by atoms with Crippen LogP contribution in [0.4, 0.5) is 13.2 Å². The fourth-order valence-electron chi connectivity index (χ4n) is 1.78. The Bertz CT molecular complexity index is 743. The van der Waals surface area contributed by atoms with E-state index in [4.69, 9.17) is 5.73 Å². The van der Waals surface area contributed by atoms with Crippen molar-refractivity contribution in [1.82, 2.24) is 9.55 Å². The summed E-state index contributed by atoms with van der Waals surface area (Å²) in [7, 11) is 0. The van der Waals surface area contributed by atoms with Crippen molar-refractivity contribution in [3.63, 3.8) is 0 Å². The zero-order valence-electron chi connectivity index (χ0n) is 9.78. The fraction of sp³-hybridized carbons (Fsp3) is 0.273. The SMILES string of the molecule is CC(N)n1c(=O)[nH]c2cc(C(F)(F)F)ccc2c1=O. The van der Waals surface area contributed by atoms with E-state index in [-0.39, 0.29) is 10.9 Å². The molecule has 2 aromatic rings. The highest BCUT2D eigenvalue weighted by Crippen LogP contribution is 2.30. The van der Waals surface area contributed by atoms with Crippen molar-refractivity contribution in [2.75, 3.05) is 0 Å². The maximum absolute atomic E-state index is 12.5. The van der Waals surface area contributed by atoms with E-state index >= 15 is 0 Å². The van der Waals surface area contributed by atoms with E-state index in [1.54, 1.807) is 0 Å². The first kappa shape index (κ1) is 13.3. The molecule has 0 aliphatic rings. The lowest BCUT2D eigenvalue weighted by atomic mass is 10.1. The third-order valence-corrected chi connectivity index (χ3v) is 2.66. The molecule has 0 fully saturated rings. The van der Waals surface area contributed by atoms with Crippen molar-refractivity contribution in [3.8, 4) is 0 Å². The summed E-state index contributed by atoms with van der Waals surface area (Å²) in [5, 5.41) is -0.0232. The van der Waals surface area contributed by atoms with Crippen LogP contribution in [0.15, 0.2) is 27.8 Å². The standard InChI is InChI=1S/C11H10F3N3O2/c1-5(15)17-9(18)7-3-2-6(11(12,13)14)4-8(7)16-10(17)19/h2-5H,15H2,1H3,(H,16,19). The van der Waals surface area contributed by atoms with Gasteiger partial charge in [0.05, 0.1) is 22.6 Å². The average molecular weight is 273 g/mol. The maximum Gasteiger partial charge on any atom is 0.416 e. The lowest BCUT2D eigenvalue weighted by Gasteiger charge is -2.11. The second-order valence-electron chi connectivity index (χ2n) is 4.10. The fourth-order valence-corrected chi connectivity index (χ4v) is 1.78. The predicted octanol–water partition coefficient (Wildman–Crippen LogP) is 1.19. The summed E-state index contributed by atoms with van der Waals surface area (Å²) in [5.41, 5.74) is 2.81. The van der Waals surface area contributed by atoms with E-state index in [1.165, 1.54) is 6.92 Å². The van der Waals surface area contributed by atoms with Gasteiger partial charge < -0.3 is 10.7 Å². The topological polar surface area (TPSA) is 80.9 Å². The summed E-state index contributed by atoms with van der Waals surface area (Å²) in [6.45, 7) is 1.42. The molecule has 0 spiro atoms. The van der Waals surface area contributed by atoms with Gasteiger partial charge >= 0.3 is 11.9 Å². The van der Waals surface area contributed by atoms with Crippen LogP contribution in [0, 0.1) is 0 Å². The van der Waals surface area contributed by atoms with Crippen molar-refractivity contribution in [2.45, 2.75) is 19.3 Å². The minimum atomic E-state index is -4.54. The van der Waals surface area contributed by atoms with E-state index < -0.39 is 29.2 Å². The van der Waals surface area contributed by atoms with E-state index in [2.05, 4.69) is 4.98 Å². The van der Waals surface area contributed by atoms with Crippen LogP contribution in [0.1, 0.15) is 18.7 Å². The Kier molecular flexibility index (Phi) is 2.97.